The van der Waals surface area contributed by atoms with E-state index in [-0.39, 0.29) is 17.1 Å². The Morgan fingerprint density at radius 2 is 0.521 bits per heavy atom. The molecule has 21 nitrogen and oxygen atoms in total. The van der Waals surface area contributed by atoms with Gasteiger partial charge in [0.2, 0.25) is 0 Å². The number of carboxylic acids is 6. The molecule has 3 aromatic carbocycles. The van der Waals surface area contributed by atoms with Gasteiger partial charge >= 0.3 is 35.8 Å². The fourth-order valence-electron chi connectivity index (χ4n) is 3.53. The largest absolute Gasteiger partial charge is 0.478 e. The van der Waals surface area contributed by atoms with Gasteiger partial charge in [0.25, 0.3) is 17.8 Å². The standard InChI is InChI=1S/C27H15N9O12/c37-19(38)10-1-11(20(39)40)5-16(4-10)31-34-25-28-26(35-32-17-6-12(21(41)42)2-13(7-17)22(43)44)30-27(29-25)36-33-18-8-14(23(45)46)3-15(9-18)24(47)48/h1-9H,(H,37,38)(H,39,40)(H,41,42)(H,43,44)(H,45,46)(H,47,48). The van der Waals surface area contributed by atoms with E-state index in [0.29, 0.717) is 0 Å². The van der Waals surface area contributed by atoms with Gasteiger partial charge in [-0.05, 0) is 54.6 Å². The van der Waals surface area contributed by atoms with Gasteiger partial charge in [-0.1, -0.05) is 0 Å². The van der Waals surface area contributed by atoms with E-state index >= 15 is 0 Å². The summed E-state index contributed by atoms with van der Waals surface area (Å²) in [7, 11) is 0. The summed E-state index contributed by atoms with van der Waals surface area (Å²) < 4.78 is 0. The Kier molecular flexibility index (Phi) is 9.64. The van der Waals surface area contributed by atoms with Crippen LogP contribution in [-0.2, 0) is 0 Å². The highest BCUT2D eigenvalue weighted by Gasteiger charge is 2.15. The third-order valence-electron chi connectivity index (χ3n) is 5.60. The van der Waals surface area contributed by atoms with Gasteiger partial charge in [0, 0.05) is 0 Å². The third kappa shape index (κ3) is 8.47. The molecule has 0 fully saturated rings. The number of aromatic carboxylic acids is 6. The van der Waals surface area contributed by atoms with Crippen molar-refractivity contribution in [3.8, 4) is 0 Å². The SMILES string of the molecule is O=C(O)c1cc(N=Nc2nc(N=Nc3cc(C(=O)O)cc(C(=O)O)c3)nc(N=Nc3cc(C(=O)O)cc(C(=O)O)c3)n2)cc(C(=O)O)c1. The molecule has 240 valence electrons. The second kappa shape index (κ2) is 13.9. The minimum Gasteiger partial charge on any atom is -0.478 e. The zero-order valence-electron chi connectivity index (χ0n) is 23.4. The minimum atomic E-state index is -1.46. The summed E-state index contributed by atoms with van der Waals surface area (Å²) in [4.78, 5) is 80.1. The first-order chi connectivity index (χ1) is 22.7. The van der Waals surface area contributed by atoms with Crippen LogP contribution in [0.5, 0.6) is 0 Å². The van der Waals surface area contributed by atoms with Crippen LogP contribution in [0.2, 0.25) is 0 Å². The molecule has 1 aromatic heterocycles. The Morgan fingerprint density at radius 1 is 0.333 bits per heavy atom. The quantitative estimate of drug-likeness (QED) is 0.105. The predicted octanol–water partition coefficient (Wildman–Crippen LogP) is 5.31. The van der Waals surface area contributed by atoms with Crippen LogP contribution in [0.4, 0.5) is 34.9 Å². The molecular weight excluding hydrogens is 642 g/mol. The number of rotatable bonds is 12. The van der Waals surface area contributed by atoms with E-state index in [1.807, 2.05) is 0 Å². The van der Waals surface area contributed by atoms with Crippen LogP contribution in [0, 0.1) is 0 Å². The summed E-state index contributed by atoms with van der Waals surface area (Å²) in [5.41, 5.74) is -3.36. The molecule has 0 aliphatic heterocycles. The van der Waals surface area contributed by atoms with Crippen molar-refractivity contribution in [2.24, 2.45) is 30.7 Å². The highest BCUT2D eigenvalue weighted by atomic mass is 16.4. The van der Waals surface area contributed by atoms with Crippen LogP contribution in [0.3, 0.4) is 0 Å². The van der Waals surface area contributed by atoms with Gasteiger partial charge < -0.3 is 30.6 Å². The maximum atomic E-state index is 11.4. The molecular formula is C27H15N9O12. The van der Waals surface area contributed by atoms with Crippen LogP contribution in [0.15, 0.2) is 85.3 Å². The Morgan fingerprint density at radius 3 is 0.688 bits per heavy atom. The summed E-state index contributed by atoms with van der Waals surface area (Å²) in [5, 5.41) is 78.2. The summed E-state index contributed by atoms with van der Waals surface area (Å²) >= 11 is 0. The number of hydrogen-bond donors (Lipinski definition) is 6. The number of carboxylic acid groups (broad SMARTS) is 6. The fraction of sp³-hybridized carbons (Fsp3) is 0. The van der Waals surface area contributed by atoms with E-state index in [9.17, 15) is 59.4 Å². The van der Waals surface area contributed by atoms with Gasteiger partial charge in [0.05, 0.1) is 50.4 Å². The Balaban J connectivity index is 1.81. The van der Waals surface area contributed by atoms with Crippen molar-refractivity contribution in [3.05, 3.63) is 88.0 Å². The van der Waals surface area contributed by atoms with Gasteiger partial charge in [0.15, 0.2) is 0 Å². The minimum absolute atomic E-state index is 0.252. The second-order valence-corrected chi connectivity index (χ2v) is 8.97. The van der Waals surface area contributed by atoms with Crippen molar-refractivity contribution < 1.29 is 59.4 Å². The number of carbonyl (C=O) groups is 6. The summed E-state index contributed by atoms with van der Waals surface area (Å²) in [5.74, 6) is -10.6. The molecule has 0 radical (unpaired) electrons. The van der Waals surface area contributed by atoms with E-state index in [1.165, 1.54) is 0 Å². The Hall–Kier alpha value is -7.71. The predicted molar refractivity (Wildman–Crippen MR) is 153 cm³/mol. The molecule has 0 amide bonds. The summed E-state index contributed by atoms with van der Waals surface area (Å²) in [6.07, 6.45) is 0. The summed E-state index contributed by atoms with van der Waals surface area (Å²) in [6, 6.07) is 8.60. The van der Waals surface area contributed by atoms with Gasteiger partial charge in [0.1, 0.15) is 0 Å². The van der Waals surface area contributed by atoms with Crippen molar-refractivity contribution in [3.63, 3.8) is 0 Å². The molecule has 1 heterocycles. The second-order valence-electron chi connectivity index (χ2n) is 8.97. The first kappa shape index (κ1) is 33.2. The van der Waals surface area contributed by atoms with Crippen molar-refractivity contribution in [2.45, 2.75) is 0 Å². The Labute approximate surface area is 264 Å². The molecule has 0 aliphatic carbocycles. The number of aromatic nitrogens is 3. The molecule has 0 atom stereocenters. The van der Waals surface area contributed by atoms with Crippen LogP contribution in [0.25, 0.3) is 0 Å². The average molecular weight is 657 g/mol. The van der Waals surface area contributed by atoms with Crippen molar-refractivity contribution >= 4 is 70.7 Å². The molecule has 21 heteroatoms. The molecule has 0 saturated carbocycles. The average Bonchev–Trinajstić information content (AvgIpc) is 3.04. The van der Waals surface area contributed by atoms with Gasteiger partial charge in [-0.15, -0.1) is 30.7 Å². The number of benzene rings is 3. The normalized spacial score (nSPS) is 11.2. The van der Waals surface area contributed by atoms with Gasteiger partial charge in [-0.3, -0.25) is 0 Å². The molecule has 0 aliphatic rings. The highest BCUT2D eigenvalue weighted by Crippen LogP contribution is 2.26. The maximum absolute atomic E-state index is 11.4. The van der Waals surface area contributed by atoms with E-state index in [0.717, 1.165) is 54.6 Å². The molecule has 0 spiro atoms. The lowest BCUT2D eigenvalue weighted by Gasteiger charge is -2.02. The van der Waals surface area contributed by atoms with Crippen molar-refractivity contribution in [1.82, 2.24) is 15.0 Å². The lowest BCUT2D eigenvalue weighted by Crippen LogP contribution is -2.01. The van der Waals surface area contributed by atoms with Crippen LogP contribution in [0.1, 0.15) is 62.1 Å². The van der Waals surface area contributed by atoms with Gasteiger partial charge in [-0.25, -0.2) is 28.8 Å². The van der Waals surface area contributed by atoms with Crippen LogP contribution < -0.4 is 0 Å². The molecule has 4 aromatic rings. The van der Waals surface area contributed by atoms with Crippen LogP contribution >= 0.6 is 0 Å². The first-order valence-electron chi connectivity index (χ1n) is 12.5. The highest BCUT2D eigenvalue weighted by molar-refractivity contribution is 5.96. The fourth-order valence-corrected chi connectivity index (χ4v) is 3.53. The smallest absolute Gasteiger partial charge is 0.335 e. The molecule has 6 N–H and O–H groups in total. The van der Waals surface area contributed by atoms with E-state index in [2.05, 4.69) is 45.6 Å². The lowest BCUT2D eigenvalue weighted by molar-refractivity contribution is 0.0676. The maximum Gasteiger partial charge on any atom is 0.335 e. The van der Waals surface area contributed by atoms with E-state index in [1.54, 1.807) is 0 Å². The zero-order chi connectivity index (χ0) is 35.1. The zero-order valence-corrected chi connectivity index (χ0v) is 23.4. The molecule has 48 heavy (non-hydrogen) atoms. The number of azo groups is 3. The van der Waals surface area contributed by atoms with E-state index in [4.69, 9.17) is 0 Å². The topological polar surface area (TPSA) is 337 Å². The van der Waals surface area contributed by atoms with Crippen molar-refractivity contribution in [1.29, 1.82) is 0 Å². The third-order valence-corrected chi connectivity index (χ3v) is 5.60. The van der Waals surface area contributed by atoms with Crippen molar-refractivity contribution in [2.75, 3.05) is 0 Å². The lowest BCUT2D eigenvalue weighted by atomic mass is 10.1. The Bertz CT molecular complexity index is 1780. The van der Waals surface area contributed by atoms with E-state index < -0.39 is 87.0 Å². The number of nitrogens with zero attached hydrogens (tertiary/aromatic N) is 9. The summed E-state index contributed by atoms with van der Waals surface area (Å²) in [6.45, 7) is 0. The monoisotopic (exact) mass is 657 g/mol. The van der Waals surface area contributed by atoms with Crippen LogP contribution in [-0.4, -0.2) is 81.4 Å². The molecule has 4 rings (SSSR count). The molecule has 0 bridgehead atoms. The van der Waals surface area contributed by atoms with Gasteiger partial charge in [-0.2, -0.15) is 15.0 Å². The first-order valence-corrected chi connectivity index (χ1v) is 12.5. The molecule has 0 unspecified atom stereocenters. The number of hydrogen-bond acceptors (Lipinski definition) is 15. The molecule has 0 saturated heterocycles.